The molecular formula is C36H57O3P. The second kappa shape index (κ2) is 11.9. The Morgan fingerprint density at radius 3 is 1.40 bits per heavy atom. The van der Waals surface area contributed by atoms with Crippen LogP contribution in [0.2, 0.25) is 0 Å². The Balaban J connectivity index is 2.55. The number of unbranched alkanes of at least 4 members (excludes halogenated alkanes) is 1. The molecule has 0 fully saturated rings. The van der Waals surface area contributed by atoms with Crippen molar-refractivity contribution in [1.82, 2.24) is 0 Å². The van der Waals surface area contributed by atoms with Crippen molar-refractivity contribution in [1.29, 1.82) is 0 Å². The van der Waals surface area contributed by atoms with Crippen LogP contribution in [0.1, 0.15) is 145 Å². The molecule has 0 aliphatic carbocycles. The van der Waals surface area contributed by atoms with Crippen LogP contribution in [0.3, 0.4) is 0 Å². The van der Waals surface area contributed by atoms with E-state index in [4.69, 9.17) is 12.9 Å². The lowest BCUT2D eigenvalue weighted by Crippen LogP contribution is -2.17. The van der Waals surface area contributed by atoms with Crippen molar-refractivity contribution < 1.29 is 12.9 Å². The molecule has 0 amide bonds. The number of hydrogen-bond acceptors (Lipinski definition) is 3. The summed E-state index contributed by atoms with van der Waals surface area (Å²) in [7, 11) is -1.63. The Labute approximate surface area is 246 Å². The van der Waals surface area contributed by atoms with E-state index in [2.05, 4.69) is 121 Å². The van der Waals surface area contributed by atoms with Gasteiger partial charge >= 0.3 is 8.24 Å². The van der Waals surface area contributed by atoms with Crippen molar-refractivity contribution in [3.63, 3.8) is 0 Å². The molecule has 2 aromatic carbocycles. The van der Waals surface area contributed by atoms with Crippen LogP contribution in [0.25, 0.3) is 21.9 Å². The molecule has 3 rings (SSSR count). The third kappa shape index (κ3) is 7.57. The van der Waals surface area contributed by atoms with Crippen LogP contribution in [0.15, 0.2) is 32.7 Å². The van der Waals surface area contributed by atoms with Crippen LogP contribution in [0.5, 0.6) is 0 Å². The summed E-state index contributed by atoms with van der Waals surface area (Å²) in [5, 5.41) is 2.24. The maximum atomic E-state index is 6.88. The minimum Gasteiger partial charge on any atom is -0.399 e. The summed E-state index contributed by atoms with van der Waals surface area (Å²) < 4.78 is 20.3. The largest absolute Gasteiger partial charge is 0.399 e. The molecule has 0 spiro atoms. The molecule has 1 aromatic heterocycles. The van der Waals surface area contributed by atoms with Crippen LogP contribution in [0, 0.1) is 5.92 Å². The number of hydrogen-bond donors (Lipinski definition) is 0. The Bertz CT molecular complexity index is 1260. The SMILES string of the molecule is CCCCC(CC)COp1oc2c(C(C)(C)C)cc(C(C)(C)C)cc2c2cc(C(C)(C)C)cc(C(C)(C)C)c2o1. The van der Waals surface area contributed by atoms with E-state index in [1.165, 1.54) is 41.5 Å². The van der Waals surface area contributed by atoms with Gasteiger partial charge in [-0.05, 0) is 57.3 Å². The van der Waals surface area contributed by atoms with Gasteiger partial charge in [0.1, 0.15) is 11.2 Å². The van der Waals surface area contributed by atoms with Crippen molar-refractivity contribution >= 4 is 30.2 Å². The maximum absolute atomic E-state index is 6.88. The molecule has 0 saturated heterocycles. The highest BCUT2D eigenvalue weighted by atomic mass is 31.1. The van der Waals surface area contributed by atoms with Gasteiger partial charge in [-0.1, -0.05) is 128 Å². The van der Waals surface area contributed by atoms with Gasteiger partial charge in [0.2, 0.25) is 0 Å². The molecule has 0 aliphatic rings. The van der Waals surface area contributed by atoms with E-state index in [-0.39, 0.29) is 21.7 Å². The van der Waals surface area contributed by atoms with Crippen molar-refractivity contribution in [2.75, 3.05) is 6.61 Å². The monoisotopic (exact) mass is 568 g/mol. The fraction of sp³-hybridized carbons (Fsp3) is 0.667. The van der Waals surface area contributed by atoms with Crippen molar-refractivity contribution in [2.45, 2.75) is 144 Å². The van der Waals surface area contributed by atoms with Gasteiger partial charge in [0.15, 0.2) is 0 Å². The fourth-order valence-electron chi connectivity index (χ4n) is 5.12. The molecule has 1 heterocycles. The first-order valence-corrected chi connectivity index (χ1v) is 16.5. The molecular weight excluding hydrogens is 511 g/mol. The third-order valence-electron chi connectivity index (χ3n) is 8.11. The molecule has 1 atom stereocenters. The highest BCUT2D eigenvalue weighted by Gasteiger charge is 2.29. The summed E-state index contributed by atoms with van der Waals surface area (Å²) in [6.07, 6.45) is 4.70. The summed E-state index contributed by atoms with van der Waals surface area (Å²) in [6.45, 7) is 32.6. The van der Waals surface area contributed by atoms with Crippen LogP contribution in [-0.4, -0.2) is 6.61 Å². The van der Waals surface area contributed by atoms with Crippen LogP contribution in [-0.2, 0) is 21.7 Å². The highest BCUT2D eigenvalue weighted by molar-refractivity contribution is 7.31. The molecule has 0 radical (unpaired) electrons. The Morgan fingerprint density at radius 2 is 1.07 bits per heavy atom. The lowest BCUT2D eigenvalue weighted by Gasteiger charge is -2.27. The van der Waals surface area contributed by atoms with E-state index in [0.717, 1.165) is 28.4 Å². The van der Waals surface area contributed by atoms with E-state index >= 15 is 0 Å². The van der Waals surface area contributed by atoms with Gasteiger partial charge in [0, 0.05) is 21.9 Å². The molecule has 224 valence electrons. The van der Waals surface area contributed by atoms with E-state index in [9.17, 15) is 0 Å². The smallest absolute Gasteiger partial charge is 0.387 e. The van der Waals surface area contributed by atoms with E-state index in [0.29, 0.717) is 12.5 Å². The normalized spacial score (nSPS) is 14.2. The fourth-order valence-corrected chi connectivity index (χ4v) is 6.29. The average molecular weight is 569 g/mol. The van der Waals surface area contributed by atoms with Gasteiger partial charge in [-0.3, -0.25) is 4.52 Å². The maximum Gasteiger partial charge on any atom is 0.387 e. The van der Waals surface area contributed by atoms with E-state index < -0.39 is 8.24 Å². The van der Waals surface area contributed by atoms with Crippen LogP contribution in [0.4, 0.5) is 0 Å². The number of fused-ring (bicyclic) bond motifs is 3. The first kappa shape index (κ1) is 32.8. The molecule has 3 aromatic rings. The number of benzene rings is 2. The molecule has 1 unspecified atom stereocenters. The second-order valence-corrected chi connectivity index (χ2v) is 17.0. The molecule has 40 heavy (non-hydrogen) atoms. The molecule has 4 heteroatoms. The number of rotatable bonds is 7. The van der Waals surface area contributed by atoms with Gasteiger partial charge in [0.25, 0.3) is 0 Å². The van der Waals surface area contributed by atoms with Crippen LogP contribution >= 0.6 is 8.24 Å². The highest BCUT2D eigenvalue weighted by Crippen LogP contribution is 2.45. The Morgan fingerprint density at radius 1 is 0.650 bits per heavy atom. The predicted molar refractivity (Wildman–Crippen MR) is 176 cm³/mol. The minimum atomic E-state index is -1.63. The van der Waals surface area contributed by atoms with E-state index in [1.807, 2.05) is 0 Å². The Hall–Kier alpha value is -1.70. The van der Waals surface area contributed by atoms with Crippen molar-refractivity contribution in [2.24, 2.45) is 5.92 Å². The van der Waals surface area contributed by atoms with E-state index in [1.54, 1.807) is 0 Å². The second-order valence-electron chi connectivity index (χ2n) is 15.9. The summed E-state index contributed by atoms with van der Waals surface area (Å²) in [6, 6.07) is 9.40. The molecule has 3 nitrogen and oxygen atoms in total. The van der Waals surface area contributed by atoms with Gasteiger partial charge in [0.05, 0.1) is 6.61 Å². The topological polar surface area (TPSA) is 35.5 Å². The van der Waals surface area contributed by atoms with Crippen LogP contribution < -0.4 is 4.52 Å². The zero-order chi connectivity index (χ0) is 30.3. The summed E-state index contributed by atoms with van der Waals surface area (Å²) in [5.41, 5.74) is 6.62. The third-order valence-corrected chi connectivity index (χ3v) is 9.13. The lowest BCUT2D eigenvalue weighted by atomic mass is 9.77. The van der Waals surface area contributed by atoms with Gasteiger partial charge in [-0.25, -0.2) is 0 Å². The van der Waals surface area contributed by atoms with Gasteiger partial charge in [-0.15, -0.1) is 0 Å². The van der Waals surface area contributed by atoms with Gasteiger partial charge in [-0.2, -0.15) is 0 Å². The first-order valence-electron chi connectivity index (χ1n) is 15.4. The summed E-state index contributed by atoms with van der Waals surface area (Å²) in [5.74, 6) is 0.507. The summed E-state index contributed by atoms with van der Waals surface area (Å²) in [4.78, 5) is 0. The summed E-state index contributed by atoms with van der Waals surface area (Å²) >= 11 is 0. The molecule has 0 saturated carbocycles. The molecule has 0 aliphatic heterocycles. The average Bonchev–Trinajstić information content (AvgIpc) is 2.97. The zero-order valence-electron chi connectivity index (χ0n) is 28.1. The Kier molecular flexibility index (Phi) is 9.75. The quantitative estimate of drug-likeness (QED) is 0.284. The standard InChI is InChI=1S/C36H57O3P/c1-15-17-18-24(16-2)23-37-40-38-31-27(19-25(33(3,4)5)21-29(31)35(9,10)11)28-20-26(34(6,7)8)22-30(32(28)39-40)36(12,13)14/h19-22,24H,15-18,23H2,1-14H3. The molecule has 0 bridgehead atoms. The van der Waals surface area contributed by atoms with Crippen molar-refractivity contribution in [3.05, 3.63) is 46.5 Å². The minimum absolute atomic E-state index is 0.00823. The first-order chi connectivity index (χ1) is 18.3. The van der Waals surface area contributed by atoms with Crippen molar-refractivity contribution in [3.8, 4) is 0 Å². The van der Waals surface area contributed by atoms with Gasteiger partial charge < -0.3 is 8.39 Å². The lowest BCUT2D eigenvalue weighted by molar-refractivity contribution is 0.276. The molecule has 0 N–H and O–H groups in total. The zero-order valence-corrected chi connectivity index (χ0v) is 29.0. The predicted octanol–water partition coefficient (Wildman–Crippen LogP) is 12.1.